The predicted molar refractivity (Wildman–Crippen MR) is 166 cm³/mol. The van der Waals surface area contributed by atoms with Crippen LogP contribution in [0.25, 0.3) is 11.4 Å². The lowest BCUT2D eigenvalue weighted by Crippen LogP contribution is -2.58. The number of sulfone groups is 1. The quantitative estimate of drug-likeness (QED) is 0.200. The largest absolute Gasteiger partial charge is 0.573 e. The van der Waals surface area contributed by atoms with Crippen molar-refractivity contribution in [3.63, 3.8) is 0 Å². The Kier molecular flexibility index (Phi) is 10.3. The minimum absolute atomic E-state index is 0.104. The number of tetrazole rings is 1. The number of alkyl halides is 3. The molecule has 2 aliphatic heterocycles. The van der Waals surface area contributed by atoms with E-state index in [1.54, 1.807) is 24.3 Å². The second kappa shape index (κ2) is 14.5. The zero-order valence-electron chi connectivity index (χ0n) is 26.4. The summed E-state index contributed by atoms with van der Waals surface area (Å²) in [4.78, 5) is 23.0. The van der Waals surface area contributed by atoms with Crippen LogP contribution in [-0.4, -0.2) is 82.6 Å². The van der Waals surface area contributed by atoms with E-state index in [-0.39, 0.29) is 29.3 Å². The lowest BCUT2D eigenvalue weighted by Gasteiger charge is -2.40. The Morgan fingerprint density at radius 1 is 1.00 bits per heavy atom. The fourth-order valence-electron chi connectivity index (χ4n) is 6.23. The van der Waals surface area contributed by atoms with Crippen molar-refractivity contribution >= 4 is 15.7 Å². The molecule has 12 nitrogen and oxygen atoms in total. The number of hydrogen-bond donors (Lipinski definition) is 1. The number of piperidine rings is 1. The second-order valence-corrected chi connectivity index (χ2v) is 14.8. The van der Waals surface area contributed by atoms with Gasteiger partial charge >= 0.3 is 6.36 Å². The third-order valence-corrected chi connectivity index (χ3v) is 11.6. The smallest absolute Gasteiger partial charge is 0.406 e. The van der Waals surface area contributed by atoms with Crippen molar-refractivity contribution in [3.05, 3.63) is 54.1 Å². The lowest BCUT2D eigenvalue weighted by molar-refractivity contribution is -0.274. The summed E-state index contributed by atoms with van der Waals surface area (Å²) in [5, 5.41) is 12.3. The molecule has 1 amide bonds. The highest BCUT2D eigenvalue weighted by molar-refractivity contribution is 7.93. The van der Waals surface area contributed by atoms with Crippen LogP contribution in [0.3, 0.4) is 0 Å². The lowest BCUT2D eigenvalue weighted by atomic mass is 9.94. The third kappa shape index (κ3) is 8.15. The number of nitrogens with zero attached hydrogens (tertiary/aromatic N) is 5. The Morgan fingerprint density at radius 2 is 1.73 bits per heavy atom. The first-order valence-corrected chi connectivity index (χ1v) is 17.8. The number of ether oxygens (including phenoxy) is 2. The molecule has 0 radical (unpaired) electrons. The van der Waals surface area contributed by atoms with Gasteiger partial charge < -0.3 is 14.4 Å². The Hall–Kier alpha value is -3.60. The van der Waals surface area contributed by atoms with Crippen LogP contribution in [0, 0.1) is 0 Å². The number of hydroxylamine groups is 1. The van der Waals surface area contributed by atoms with Crippen LogP contribution in [-0.2, 0) is 37.2 Å². The number of halogens is 3. The van der Waals surface area contributed by atoms with Gasteiger partial charge in [-0.3, -0.25) is 4.79 Å². The van der Waals surface area contributed by atoms with Gasteiger partial charge in [-0.05, 0) is 105 Å². The molecule has 2 aromatic carbocycles. The van der Waals surface area contributed by atoms with Crippen molar-refractivity contribution in [2.75, 3.05) is 19.7 Å². The molecule has 2 saturated heterocycles. The van der Waals surface area contributed by atoms with Gasteiger partial charge in [0.1, 0.15) is 5.75 Å². The number of carbonyl (C=O) groups is 1. The van der Waals surface area contributed by atoms with Crippen molar-refractivity contribution in [1.82, 2.24) is 30.6 Å². The molecule has 0 spiro atoms. The molecule has 1 saturated carbocycles. The fraction of sp³-hybridized carbons (Fsp3) is 0.562. The highest BCUT2D eigenvalue weighted by Gasteiger charge is 2.54. The molecule has 1 unspecified atom stereocenters. The van der Waals surface area contributed by atoms with Gasteiger partial charge in [-0.1, -0.05) is 12.1 Å². The summed E-state index contributed by atoms with van der Waals surface area (Å²) in [5.74, 6) is -0.698. The van der Waals surface area contributed by atoms with Crippen LogP contribution in [0.1, 0.15) is 63.4 Å². The number of benzene rings is 2. The molecule has 1 aliphatic carbocycles. The molecule has 1 aromatic heterocycles. The maximum absolute atomic E-state index is 14.2. The fourth-order valence-corrected chi connectivity index (χ4v) is 8.18. The summed E-state index contributed by atoms with van der Waals surface area (Å²) in [6.45, 7) is 2.06. The summed E-state index contributed by atoms with van der Waals surface area (Å²) in [5.41, 5.74) is 3.91. The maximum atomic E-state index is 14.2. The van der Waals surface area contributed by atoms with Gasteiger partial charge in [-0.15, -0.1) is 23.4 Å². The maximum Gasteiger partial charge on any atom is 0.573 e. The van der Waals surface area contributed by atoms with Crippen LogP contribution >= 0.6 is 0 Å². The number of unbranched alkanes of at least 4 members (excludes halogenated alkanes) is 1. The molecule has 260 valence electrons. The minimum Gasteiger partial charge on any atom is -0.406 e. The van der Waals surface area contributed by atoms with Crippen LogP contribution < -0.4 is 10.2 Å². The van der Waals surface area contributed by atoms with Gasteiger partial charge in [0.05, 0.1) is 11.4 Å². The van der Waals surface area contributed by atoms with Gasteiger partial charge in [0.15, 0.2) is 20.9 Å². The van der Waals surface area contributed by atoms with E-state index < -0.39 is 33.1 Å². The summed E-state index contributed by atoms with van der Waals surface area (Å²) >= 11 is 0. The molecule has 3 aromatic rings. The molecular weight excluding hydrogens is 653 g/mol. The van der Waals surface area contributed by atoms with Crippen molar-refractivity contribution < 1.29 is 40.7 Å². The van der Waals surface area contributed by atoms with Crippen LogP contribution in [0.2, 0.25) is 0 Å². The van der Waals surface area contributed by atoms with Gasteiger partial charge in [-0.2, -0.15) is 4.80 Å². The molecule has 1 N–H and O–H groups in total. The minimum atomic E-state index is -4.77. The number of aromatic nitrogens is 4. The first-order chi connectivity index (χ1) is 23.0. The van der Waals surface area contributed by atoms with Gasteiger partial charge in [0, 0.05) is 37.7 Å². The highest BCUT2D eigenvalue weighted by atomic mass is 32.2. The van der Waals surface area contributed by atoms with Crippen LogP contribution in [0.4, 0.5) is 13.2 Å². The van der Waals surface area contributed by atoms with E-state index in [1.165, 1.54) is 29.1 Å². The predicted octanol–water partition coefficient (Wildman–Crippen LogP) is 4.61. The van der Waals surface area contributed by atoms with Gasteiger partial charge in [0.25, 0.3) is 5.91 Å². The van der Waals surface area contributed by atoms with E-state index in [9.17, 15) is 26.4 Å². The topological polar surface area (TPSA) is 138 Å². The summed E-state index contributed by atoms with van der Waals surface area (Å²) < 4.78 is 73.3. The van der Waals surface area contributed by atoms with E-state index in [4.69, 9.17) is 9.57 Å². The zero-order chi connectivity index (χ0) is 33.8. The first-order valence-electron chi connectivity index (χ1n) is 16.3. The highest BCUT2D eigenvalue weighted by Crippen LogP contribution is 2.39. The SMILES string of the molecule is O=C(NOC1CCCCO1)C1(S(=O)(=O)c2ccc(CCCCn3nnc(-c4ccc(OC(F)(F)F)cc4)n3)cc2)CCN(C2CC2)CC1. The Morgan fingerprint density at radius 3 is 2.38 bits per heavy atom. The Labute approximate surface area is 276 Å². The third-order valence-electron chi connectivity index (χ3n) is 9.12. The average Bonchev–Trinajstić information content (AvgIpc) is 3.83. The molecule has 1 atom stereocenters. The van der Waals surface area contributed by atoms with E-state index in [2.05, 4.69) is 30.5 Å². The number of nitrogens with one attached hydrogen (secondary N) is 1. The Balaban J connectivity index is 1.03. The van der Waals surface area contributed by atoms with E-state index in [0.29, 0.717) is 57.1 Å². The number of hydrogen-bond acceptors (Lipinski definition) is 10. The van der Waals surface area contributed by atoms with Crippen molar-refractivity contribution in [2.24, 2.45) is 0 Å². The van der Waals surface area contributed by atoms with Crippen molar-refractivity contribution in [1.29, 1.82) is 0 Å². The molecular formula is C32H39F3N6O6S. The van der Waals surface area contributed by atoms with Crippen molar-refractivity contribution in [3.8, 4) is 17.1 Å². The number of rotatable bonds is 13. The van der Waals surface area contributed by atoms with Gasteiger partial charge in [-0.25, -0.2) is 18.7 Å². The van der Waals surface area contributed by atoms with E-state index in [0.717, 1.165) is 37.7 Å². The molecule has 48 heavy (non-hydrogen) atoms. The molecule has 6 rings (SSSR count). The monoisotopic (exact) mass is 692 g/mol. The van der Waals surface area contributed by atoms with Gasteiger partial charge in [0.2, 0.25) is 5.82 Å². The average molecular weight is 693 g/mol. The number of likely N-dealkylation sites (tertiary alicyclic amines) is 1. The number of carbonyl (C=O) groups excluding carboxylic acids is 1. The zero-order valence-corrected chi connectivity index (χ0v) is 27.2. The first kappa shape index (κ1) is 34.3. The molecule has 3 heterocycles. The second-order valence-electron chi connectivity index (χ2n) is 12.5. The van der Waals surface area contributed by atoms with Crippen molar-refractivity contribution in [2.45, 2.75) is 99.1 Å². The molecule has 3 aliphatic rings. The summed E-state index contributed by atoms with van der Waals surface area (Å²) in [6, 6.07) is 12.4. The standard InChI is InChI=1S/C32H39F3N6O6S/c33-32(34,35)46-26-13-9-24(10-14-26)29-36-39-41(37-29)19-3-1-5-23-7-15-27(16-8-23)48(43,44)31(17-20-40(21-18-31)25-11-12-25)30(42)38-47-28-6-2-4-22-45-28/h7-10,13-16,25,28H,1-6,11-12,17-22H2,(H,38,42). The summed E-state index contributed by atoms with van der Waals surface area (Å²) in [7, 11) is -4.06. The normalized spacial score (nSPS) is 20.4. The van der Waals surface area contributed by atoms with E-state index in [1.807, 2.05) is 0 Å². The molecule has 0 bridgehead atoms. The Bertz CT molecular complexity index is 1630. The summed E-state index contributed by atoms with van der Waals surface area (Å²) in [6.07, 6.45) is 1.84. The van der Waals surface area contributed by atoms with Crippen LogP contribution in [0.5, 0.6) is 5.75 Å². The van der Waals surface area contributed by atoms with E-state index >= 15 is 0 Å². The molecule has 16 heteroatoms. The molecule has 3 fully saturated rings. The number of amides is 1. The number of aryl methyl sites for hydroxylation is 2. The van der Waals surface area contributed by atoms with Crippen LogP contribution in [0.15, 0.2) is 53.4 Å².